The largest absolute Gasteiger partial charge is 0.391 e. The zero-order valence-electron chi connectivity index (χ0n) is 10.6. The number of aliphatic hydroxyl groups is 1. The molecule has 0 spiro atoms. The molecular weight excluding hydrogens is 238 g/mol. The van der Waals surface area contributed by atoms with Crippen molar-refractivity contribution in [2.24, 2.45) is 0 Å². The Hall–Kier alpha value is -1.93. The van der Waals surface area contributed by atoms with Gasteiger partial charge >= 0.3 is 5.69 Å². The zero-order chi connectivity index (χ0) is 13.8. The van der Waals surface area contributed by atoms with E-state index in [1.54, 1.807) is 0 Å². The third-order valence-electron chi connectivity index (χ3n) is 2.12. The minimum Gasteiger partial charge on any atom is -0.391 e. The molecule has 8 heteroatoms. The number of hydrogen-bond acceptors (Lipinski definition) is 4. The summed E-state index contributed by atoms with van der Waals surface area (Å²) in [7, 11) is 6.16. The number of nitrogens with one attached hydrogen (secondary N) is 3. The van der Waals surface area contributed by atoms with Gasteiger partial charge in [0.15, 0.2) is 0 Å². The second-order valence-corrected chi connectivity index (χ2v) is 4.80. The predicted octanol–water partition coefficient (Wildman–Crippen LogP) is -1.38. The minimum absolute atomic E-state index is 0.281. The number of aliphatic hydroxyl groups excluding tert-OH is 1. The Balaban J connectivity index is 0.000000203. The maximum absolute atomic E-state index is 10.9. The Morgan fingerprint density at radius 1 is 1.28 bits per heavy atom. The molecule has 0 unspecified atom stereocenters. The molecule has 2 rings (SSSR count). The van der Waals surface area contributed by atoms with Gasteiger partial charge in [-0.3, -0.25) is 19.9 Å². The maximum atomic E-state index is 10.9. The summed E-state index contributed by atoms with van der Waals surface area (Å²) in [6.07, 6.45) is 1.35. The van der Waals surface area contributed by atoms with Crippen LogP contribution in [-0.2, 0) is 0 Å². The highest BCUT2D eigenvalue weighted by molar-refractivity contribution is 5.71. The number of quaternary nitrogens is 1. The lowest BCUT2D eigenvalue weighted by Gasteiger charge is -2.21. The van der Waals surface area contributed by atoms with Gasteiger partial charge in [-0.2, -0.15) is 5.10 Å². The molecular formula is C10H18N5O3+. The summed E-state index contributed by atoms with van der Waals surface area (Å²) in [6, 6.07) is 0. The Labute approximate surface area is 103 Å². The first-order valence-corrected chi connectivity index (χ1v) is 5.40. The summed E-state index contributed by atoms with van der Waals surface area (Å²) in [6.45, 7) is 1.11. The van der Waals surface area contributed by atoms with Crippen LogP contribution in [0.4, 0.5) is 0 Å². The lowest BCUT2D eigenvalue weighted by molar-refractivity contribution is -0.870. The molecule has 0 saturated carbocycles. The molecule has 0 aromatic carbocycles. The van der Waals surface area contributed by atoms with E-state index < -0.39 is 11.2 Å². The summed E-state index contributed by atoms with van der Waals surface area (Å²) < 4.78 is 0.844. The lowest BCUT2D eigenvalue weighted by atomic mass is 10.4. The number of hydrogen-bond donors (Lipinski definition) is 4. The van der Waals surface area contributed by atoms with Gasteiger partial charge in [-0.1, -0.05) is 0 Å². The second-order valence-electron chi connectivity index (χ2n) is 4.80. The first-order valence-electron chi connectivity index (χ1n) is 5.40. The molecule has 0 aliphatic carbocycles. The number of fused-ring (bicyclic) bond motifs is 1. The SMILES string of the molecule is C[N+](C)(C)CCO.O=c1[nH]c(=O)c2cn[nH]c2[nH]1. The van der Waals surface area contributed by atoms with Crippen molar-refractivity contribution in [3.8, 4) is 0 Å². The van der Waals surface area contributed by atoms with Crippen LogP contribution in [0.3, 0.4) is 0 Å². The lowest BCUT2D eigenvalue weighted by Crippen LogP contribution is -2.36. The fourth-order valence-electron chi connectivity index (χ4n) is 1.17. The first kappa shape index (κ1) is 14.1. The standard InChI is InChI=1S/C5H4N4O2.C5H14NO/c10-4-2-1-6-9-3(2)7-5(11)8-4;1-6(2,3)4-5-7/h1H,(H3,6,7,8,9,10,11);7H,4-5H2,1-3H3/q;+1. The molecule has 100 valence electrons. The number of nitrogens with zero attached hydrogens (tertiary/aromatic N) is 2. The Kier molecular flexibility index (Phi) is 4.40. The van der Waals surface area contributed by atoms with Crippen LogP contribution in [0.2, 0.25) is 0 Å². The fraction of sp³-hybridized carbons (Fsp3) is 0.500. The molecule has 0 atom stereocenters. The van der Waals surface area contributed by atoms with Crippen molar-refractivity contribution in [1.29, 1.82) is 0 Å². The smallest absolute Gasteiger partial charge is 0.327 e. The fourth-order valence-corrected chi connectivity index (χ4v) is 1.17. The van der Waals surface area contributed by atoms with E-state index >= 15 is 0 Å². The third-order valence-corrected chi connectivity index (χ3v) is 2.12. The first-order chi connectivity index (χ1) is 8.33. The van der Waals surface area contributed by atoms with Gasteiger partial charge in [0.05, 0.1) is 33.9 Å². The topological polar surface area (TPSA) is 115 Å². The van der Waals surface area contributed by atoms with Crippen LogP contribution in [0.25, 0.3) is 11.0 Å². The highest BCUT2D eigenvalue weighted by Gasteiger charge is 2.02. The van der Waals surface area contributed by atoms with Crippen LogP contribution in [0, 0.1) is 0 Å². The average molecular weight is 256 g/mol. The van der Waals surface area contributed by atoms with E-state index in [-0.39, 0.29) is 6.61 Å². The van der Waals surface area contributed by atoms with Crippen LogP contribution in [0.5, 0.6) is 0 Å². The zero-order valence-corrected chi connectivity index (χ0v) is 10.6. The van der Waals surface area contributed by atoms with Gasteiger partial charge in [0, 0.05) is 0 Å². The van der Waals surface area contributed by atoms with E-state index in [1.165, 1.54) is 6.20 Å². The molecule has 2 aromatic rings. The Morgan fingerprint density at radius 3 is 2.44 bits per heavy atom. The maximum Gasteiger partial charge on any atom is 0.327 e. The molecule has 0 saturated heterocycles. The van der Waals surface area contributed by atoms with Crippen molar-refractivity contribution < 1.29 is 9.59 Å². The number of likely N-dealkylation sites (N-methyl/N-ethyl adjacent to an activating group) is 1. The van der Waals surface area contributed by atoms with E-state index in [0.717, 1.165) is 11.0 Å². The summed E-state index contributed by atoms with van der Waals surface area (Å²) in [5, 5.41) is 14.8. The summed E-state index contributed by atoms with van der Waals surface area (Å²) in [5.41, 5.74) is -0.622. The van der Waals surface area contributed by atoms with Crippen LogP contribution < -0.4 is 11.2 Å². The molecule has 8 nitrogen and oxygen atoms in total. The van der Waals surface area contributed by atoms with E-state index in [1.807, 2.05) is 0 Å². The predicted molar refractivity (Wildman–Crippen MR) is 67.3 cm³/mol. The molecule has 0 amide bonds. The van der Waals surface area contributed by atoms with Crippen molar-refractivity contribution >= 4 is 11.0 Å². The normalized spacial score (nSPS) is 11.1. The molecule has 0 fully saturated rings. The van der Waals surface area contributed by atoms with Crippen molar-refractivity contribution in [3.05, 3.63) is 27.0 Å². The van der Waals surface area contributed by atoms with Crippen LogP contribution in [0.1, 0.15) is 0 Å². The second kappa shape index (κ2) is 5.61. The molecule has 2 aromatic heterocycles. The third kappa shape index (κ3) is 4.15. The van der Waals surface area contributed by atoms with Crippen molar-refractivity contribution in [2.75, 3.05) is 34.3 Å². The van der Waals surface area contributed by atoms with Gasteiger partial charge in [0.25, 0.3) is 5.56 Å². The summed E-state index contributed by atoms with van der Waals surface area (Å²) in [4.78, 5) is 26.0. The van der Waals surface area contributed by atoms with Gasteiger partial charge in [0.2, 0.25) is 0 Å². The molecule has 4 N–H and O–H groups in total. The molecule has 2 heterocycles. The van der Waals surface area contributed by atoms with Crippen molar-refractivity contribution in [1.82, 2.24) is 20.2 Å². The van der Waals surface area contributed by atoms with Crippen LogP contribution in [-0.4, -0.2) is 64.0 Å². The Bertz CT molecular complexity index is 604. The van der Waals surface area contributed by atoms with Gasteiger partial charge in [0.1, 0.15) is 17.6 Å². The molecule has 0 aliphatic rings. The summed E-state index contributed by atoms with van der Waals surface area (Å²) in [5.74, 6) is 0. The number of rotatable bonds is 2. The van der Waals surface area contributed by atoms with Gasteiger partial charge in [-0.15, -0.1) is 0 Å². The quantitative estimate of drug-likeness (QED) is 0.496. The van der Waals surface area contributed by atoms with Gasteiger partial charge in [-0.05, 0) is 0 Å². The van der Waals surface area contributed by atoms with E-state index in [4.69, 9.17) is 5.11 Å². The highest BCUT2D eigenvalue weighted by Crippen LogP contribution is 1.94. The number of aromatic amines is 3. The van der Waals surface area contributed by atoms with E-state index in [9.17, 15) is 9.59 Å². The monoisotopic (exact) mass is 256 g/mol. The molecule has 0 aliphatic heterocycles. The van der Waals surface area contributed by atoms with Crippen molar-refractivity contribution in [3.63, 3.8) is 0 Å². The minimum atomic E-state index is -0.535. The Morgan fingerprint density at radius 2 is 1.94 bits per heavy atom. The molecule has 0 bridgehead atoms. The molecule has 0 radical (unpaired) electrons. The number of H-pyrrole nitrogens is 3. The van der Waals surface area contributed by atoms with E-state index in [0.29, 0.717) is 11.0 Å². The molecule has 18 heavy (non-hydrogen) atoms. The van der Waals surface area contributed by atoms with Gasteiger partial charge in [-0.25, -0.2) is 4.79 Å². The number of aromatic nitrogens is 4. The van der Waals surface area contributed by atoms with Crippen LogP contribution >= 0.6 is 0 Å². The summed E-state index contributed by atoms with van der Waals surface area (Å²) >= 11 is 0. The van der Waals surface area contributed by atoms with Crippen molar-refractivity contribution in [2.45, 2.75) is 0 Å². The highest BCUT2D eigenvalue weighted by atomic mass is 16.3. The van der Waals surface area contributed by atoms with Crippen LogP contribution in [0.15, 0.2) is 15.8 Å². The van der Waals surface area contributed by atoms with E-state index in [2.05, 4.69) is 41.3 Å². The average Bonchev–Trinajstić information content (AvgIpc) is 2.64. The van der Waals surface area contributed by atoms with Gasteiger partial charge < -0.3 is 9.59 Å².